The molecule has 0 fully saturated rings. The van der Waals surface area contributed by atoms with Gasteiger partial charge in [0, 0.05) is 25.0 Å². The first-order valence-corrected chi connectivity index (χ1v) is 5.05. The predicted molar refractivity (Wildman–Crippen MR) is 60.3 cm³/mol. The van der Waals surface area contributed by atoms with E-state index in [1.165, 1.54) is 0 Å². The van der Waals surface area contributed by atoms with Crippen LogP contribution in [0.5, 0.6) is 0 Å². The van der Waals surface area contributed by atoms with Gasteiger partial charge < -0.3 is 10.3 Å². The molecule has 0 amide bonds. The fourth-order valence-corrected chi connectivity index (χ4v) is 1.61. The van der Waals surface area contributed by atoms with Crippen molar-refractivity contribution >= 4 is 0 Å². The molecule has 0 saturated carbocycles. The zero-order valence-corrected chi connectivity index (χ0v) is 8.80. The van der Waals surface area contributed by atoms with Crippen molar-refractivity contribution in [3.63, 3.8) is 0 Å². The molecule has 1 aromatic carbocycles. The maximum Gasteiger partial charge on any atom is 0.105 e. The smallest absolute Gasteiger partial charge is 0.105 e. The van der Waals surface area contributed by atoms with Crippen LogP contribution in [0, 0.1) is 6.92 Å². The molecule has 2 rings (SSSR count). The van der Waals surface area contributed by atoms with Crippen molar-refractivity contribution in [2.45, 2.75) is 19.5 Å². The van der Waals surface area contributed by atoms with Crippen molar-refractivity contribution in [3.05, 3.63) is 54.1 Å². The largest absolute Gasteiger partial charge is 0.333 e. The standard InChI is InChI=1S/C12H15N3/c1-10-14-7-8-15(10)9-12(13)11-5-3-2-4-6-11/h2-8,12H,9,13H2,1H3/t12-/m1/s1. The number of hydrogen-bond acceptors (Lipinski definition) is 2. The molecule has 0 spiro atoms. The van der Waals surface area contributed by atoms with Gasteiger partial charge in [0.25, 0.3) is 0 Å². The second-order valence-electron chi connectivity index (χ2n) is 3.64. The van der Waals surface area contributed by atoms with Crippen molar-refractivity contribution in [2.24, 2.45) is 5.73 Å². The van der Waals surface area contributed by atoms with Crippen molar-refractivity contribution in [3.8, 4) is 0 Å². The monoisotopic (exact) mass is 201 g/mol. The van der Waals surface area contributed by atoms with Gasteiger partial charge in [0.2, 0.25) is 0 Å². The average molecular weight is 201 g/mol. The molecule has 1 atom stereocenters. The van der Waals surface area contributed by atoms with E-state index in [9.17, 15) is 0 Å². The van der Waals surface area contributed by atoms with Crippen LogP contribution in [0.4, 0.5) is 0 Å². The molecule has 1 heterocycles. The molecule has 3 nitrogen and oxygen atoms in total. The number of nitrogens with zero attached hydrogens (tertiary/aromatic N) is 2. The first kappa shape index (κ1) is 9.93. The van der Waals surface area contributed by atoms with Crippen molar-refractivity contribution in [1.82, 2.24) is 9.55 Å². The van der Waals surface area contributed by atoms with Gasteiger partial charge in [-0.1, -0.05) is 30.3 Å². The van der Waals surface area contributed by atoms with Crippen LogP contribution in [-0.4, -0.2) is 9.55 Å². The minimum atomic E-state index is 0.0269. The third-order valence-corrected chi connectivity index (χ3v) is 2.54. The van der Waals surface area contributed by atoms with Crippen LogP contribution in [0.25, 0.3) is 0 Å². The summed E-state index contributed by atoms with van der Waals surface area (Å²) in [5, 5.41) is 0. The van der Waals surface area contributed by atoms with Gasteiger partial charge in [0.1, 0.15) is 5.82 Å². The summed E-state index contributed by atoms with van der Waals surface area (Å²) in [7, 11) is 0. The minimum Gasteiger partial charge on any atom is -0.333 e. The summed E-state index contributed by atoms with van der Waals surface area (Å²) in [5.74, 6) is 1.00. The zero-order valence-electron chi connectivity index (χ0n) is 8.80. The highest BCUT2D eigenvalue weighted by Crippen LogP contribution is 2.12. The summed E-state index contributed by atoms with van der Waals surface area (Å²) >= 11 is 0. The molecule has 1 aromatic heterocycles. The maximum atomic E-state index is 6.11. The van der Waals surface area contributed by atoms with Crippen LogP contribution >= 0.6 is 0 Å². The second kappa shape index (κ2) is 4.28. The van der Waals surface area contributed by atoms with Crippen LogP contribution < -0.4 is 5.73 Å². The average Bonchev–Trinajstić information content (AvgIpc) is 2.66. The fourth-order valence-electron chi connectivity index (χ4n) is 1.61. The number of aromatic nitrogens is 2. The molecule has 0 saturated heterocycles. The van der Waals surface area contributed by atoms with E-state index in [1.54, 1.807) is 6.20 Å². The molecule has 3 heteroatoms. The Morgan fingerprint density at radius 2 is 2.07 bits per heavy atom. The van der Waals surface area contributed by atoms with Crippen LogP contribution in [0.2, 0.25) is 0 Å². The summed E-state index contributed by atoms with van der Waals surface area (Å²) in [6.07, 6.45) is 3.76. The van der Waals surface area contributed by atoms with E-state index in [4.69, 9.17) is 5.73 Å². The number of rotatable bonds is 3. The molecular weight excluding hydrogens is 186 g/mol. The van der Waals surface area contributed by atoms with Gasteiger partial charge in [-0.3, -0.25) is 0 Å². The van der Waals surface area contributed by atoms with E-state index in [2.05, 4.69) is 21.7 Å². The van der Waals surface area contributed by atoms with Crippen molar-refractivity contribution in [2.75, 3.05) is 0 Å². The molecule has 0 aliphatic carbocycles. The molecule has 0 radical (unpaired) electrons. The zero-order chi connectivity index (χ0) is 10.7. The topological polar surface area (TPSA) is 43.8 Å². The first-order chi connectivity index (χ1) is 7.27. The summed E-state index contributed by atoms with van der Waals surface area (Å²) in [4.78, 5) is 4.17. The van der Waals surface area contributed by atoms with Gasteiger partial charge >= 0.3 is 0 Å². The third-order valence-electron chi connectivity index (χ3n) is 2.54. The summed E-state index contributed by atoms with van der Waals surface area (Å²) < 4.78 is 2.07. The van der Waals surface area contributed by atoms with Crippen LogP contribution in [0.15, 0.2) is 42.7 Å². The van der Waals surface area contributed by atoms with Crippen LogP contribution in [0.3, 0.4) is 0 Å². The lowest BCUT2D eigenvalue weighted by Gasteiger charge is -2.13. The highest BCUT2D eigenvalue weighted by atomic mass is 15.1. The van der Waals surface area contributed by atoms with Gasteiger partial charge in [0.05, 0.1) is 0 Å². The highest BCUT2D eigenvalue weighted by molar-refractivity contribution is 5.18. The lowest BCUT2D eigenvalue weighted by molar-refractivity contribution is 0.565. The molecule has 0 aliphatic rings. The Morgan fingerprint density at radius 1 is 1.33 bits per heavy atom. The van der Waals surface area contributed by atoms with Crippen molar-refractivity contribution in [1.29, 1.82) is 0 Å². The van der Waals surface area contributed by atoms with Gasteiger partial charge in [-0.25, -0.2) is 4.98 Å². The fraction of sp³-hybridized carbons (Fsp3) is 0.250. The molecule has 2 aromatic rings. The molecule has 78 valence electrons. The summed E-state index contributed by atoms with van der Waals surface area (Å²) in [6, 6.07) is 10.2. The molecule has 0 aliphatic heterocycles. The Bertz CT molecular complexity index is 419. The Kier molecular flexibility index (Phi) is 2.83. The Labute approximate surface area is 89.6 Å². The molecule has 2 N–H and O–H groups in total. The van der Waals surface area contributed by atoms with E-state index in [1.807, 2.05) is 31.3 Å². The lowest BCUT2D eigenvalue weighted by Crippen LogP contribution is -2.17. The van der Waals surface area contributed by atoms with E-state index in [0.29, 0.717) is 0 Å². The third kappa shape index (κ3) is 2.25. The van der Waals surface area contributed by atoms with Crippen LogP contribution in [0.1, 0.15) is 17.4 Å². The normalized spacial score (nSPS) is 12.7. The second-order valence-corrected chi connectivity index (χ2v) is 3.64. The SMILES string of the molecule is Cc1nccn1C[C@@H](N)c1ccccc1. The number of hydrogen-bond donors (Lipinski definition) is 1. The molecular formula is C12H15N3. The maximum absolute atomic E-state index is 6.11. The van der Waals surface area contributed by atoms with Gasteiger partial charge in [-0.15, -0.1) is 0 Å². The highest BCUT2D eigenvalue weighted by Gasteiger charge is 2.06. The minimum absolute atomic E-state index is 0.0269. The number of nitrogens with two attached hydrogens (primary N) is 1. The Morgan fingerprint density at radius 3 is 2.67 bits per heavy atom. The Hall–Kier alpha value is -1.61. The molecule has 0 bridgehead atoms. The quantitative estimate of drug-likeness (QED) is 0.824. The number of aryl methyl sites for hydroxylation is 1. The lowest BCUT2D eigenvalue weighted by atomic mass is 10.1. The van der Waals surface area contributed by atoms with Gasteiger partial charge in [-0.05, 0) is 12.5 Å². The summed E-state index contributed by atoms with van der Waals surface area (Å²) in [6.45, 7) is 2.76. The van der Waals surface area contributed by atoms with E-state index in [0.717, 1.165) is 17.9 Å². The number of benzene rings is 1. The van der Waals surface area contributed by atoms with Crippen LogP contribution in [-0.2, 0) is 6.54 Å². The number of imidazole rings is 1. The van der Waals surface area contributed by atoms with Crippen molar-refractivity contribution < 1.29 is 0 Å². The van der Waals surface area contributed by atoms with Gasteiger partial charge in [0.15, 0.2) is 0 Å². The van der Waals surface area contributed by atoms with E-state index in [-0.39, 0.29) is 6.04 Å². The predicted octanol–water partition coefficient (Wildman–Crippen LogP) is 1.89. The van der Waals surface area contributed by atoms with Gasteiger partial charge in [-0.2, -0.15) is 0 Å². The summed E-state index contributed by atoms with van der Waals surface area (Å²) in [5.41, 5.74) is 7.26. The molecule has 0 unspecified atom stereocenters. The Balaban J connectivity index is 2.11. The molecule has 15 heavy (non-hydrogen) atoms. The van der Waals surface area contributed by atoms with E-state index >= 15 is 0 Å². The van der Waals surface area contributed by atoms with E-state index < -0.39 is 0 Å². The first-order valence-electron chi connectivity index (χ1n) is 5.05.